The number of rotatable bonds is 7. The summed E-state index contributed by atoms with van der Waals surface area (Å²) in [5, 5.41) is 20.3. The molecule has 2 aromatic heterocycles. The fourth-order valence-corrected chi connectivity index (χ4v) is 7.75. The highest BCUT2D eigenvalue weighted by atomic mass is 32.2. The number of piperazine rings is 1. The third-order valence-corrected chi connectivity index (χ3v) is 10.2. The molecule has 2 atom stereocenters. The van der Waals surface area contributed by atoms with Gasteiger partial charge in [0.05, 0.1) is 24.2 Å². The SMILES string of the molecule is C=C(F)C(=O)N1CCN(c2c(C#N)c(OC[C@@H]3CCCN3C)nc3c(F)c(-c4cccc5c4SCCC5)ncc23)C[C@@H]1CC#N. The second-order valence-electron chi connectivity index (χ2n) is 11.6. The molecule has 0 spiro atoms. The lowest BCUT2D eigenvalue weighted by Crippen LogP contribution is -2.55. The molecule has 0 unspecified atom stereocenters. The number of nitrogens with zero attached hydrogens (tertiary/aromatic N) is 7. The molecule has 6 rings (SSSR count). The Morgan fingerprint density at radius 3 is 2.80 bits per heavy atom. The lowest BCUT2D eigenvalue weighted by atomic mass is 10.0. The number of fused-ring (bicyclic) bond motifs is 2. The van der Waals surface area contributed by atoms with E-state index in [0.29, 0.717) is 16.6 Å². The summed E-state index contributed by atoms with van der Waals surface area (Å²) in [4.78, 5) is 28.1. The van der Waals surface area contributed by atoms with Crippen LogP contribution >= 0.6 is 11.8 Å². The Morgan fingerprint density at radius 2 is 2.07 bits per heavy atom. The summed E-state index contributed by atoms with van der Waals surface area (Å²) in [5.74, 6) is -1.63. The van der Waals surface area contributed by atoms with E-state index >= 15 is 4.39 Å². The van der Waals surface area contributed by atoms with Crippen molar-refractivity contribution < 1.29 is 18.3 Å². The predicted molar refractivity (Wildman–Crippen MR) is 168 cm³/mol. The Kier molecular flexibility index (Phi) is 8.88. The van der Waals surface area contributed by atoms with Crippen LogP contribution in [0.3, 0.4) is 0 Å². The van der Waals surface area contributed by atoms with Gasteiger partial charge in [-0.05, 0) is 50.6 Å². The molecule has 0 aliphatic carbocycles. The number of halogens is 2. The predicted octanol–water partition coefficient (Wildman–Crippen LogP) is 5.23. The molecule has 0 saturated carbocycles. The largest absolute Gasteiger partial charge is 0.475 e. The van der Waals surface area contributed by atoms with E-state index in [1.54, 1.807) is 18.0 Å². The van der Waals surface area contributed by atoms with Crippen molar-refractivity contribution in [3.05, 3.63) is 53.7 Å². The number of carbonyl (C=O) groups is 1. The minimum Gasteiger partial charge on any atom is -0.475 e. The summed E-state index contributed by atoms with van der Waals surface area (Å²) in [6.45, 7) is 4.74. The smallest absolute Gasteiger partial charge is 0.282 e. The maximum absolute atomic E-state index is 16.7. The van der Waals surface area contributed by atoms with Crippen molar-refractivity contribution in [2.24, 2.45) is 0 Å². The molecule has 12 heteroatoms. The van der Waals surface area contributed by atoms with Crippen molar-refractivity contribution in [1.82, 2.24) is 19.8 Å². The number of thioether (sulfide) groups is 1. The van der Waals surface area contributed by atoms with Gasteiger partial charge in [0, 0.05) is 47.7 Å². The first-order chi connectivity index (χ1) is 21.8. The number of hydrogen-bond acceptors (Lipinski definition) is 9. The molecule has 45 heavy (non-hydrogen) atoms. The minimum absolute atomic E-state index is 0.0216. The van der Waals surface area contributed by atoms with Crippen LogP contribution in [-0.2, 0) is 11.2 Å². The Labute approximate surface area is 265 Å². The monoisotopic (exact) mass is 629 g/mol. The molecular weight excluding hydrogens is 596 g/mol. The number of aryl methyl sites for hydroxylation is 1. The number of anilines is 1. The molecule has 1 amide bonds. The van der Waals surface area contributed by atoms with Crippen molar-refractivity contribution in [3.8, 4) is 29.3 Å². The molecule has 0 N–H and O–H groups in total. The second-order valence-corrected chi connectivity index (χ2v) is 12.7. The quantitative estimate of drug-likeness (QED) is 0.325. The number of hydrogen-bond donors (Lipinski definition) is 0. The van der Waals surface area contributed by atoms with Gasteiger partial charge in [0.2, 0.25) is 5.88 Å². The van der Waals surface area contributed by atoms with Crippen LogP contribution in [0.4, 0.5) is 14.5 Å². The molecule has 5 heterocycles. The van der Waals surface area contributed by atoms with Crippen LogP contribution in [0.25, 0.3) is 22.2 Å². The van der Waals surface area contributed by atoms with Gasteiger partial charge in [0.1, 0.15) is 29.5 Å². The first-order valence-electron chi connectivity index (χ1n) is 15.1. The van der Waals surface area contributed by atoms with E-state index in [4.69, 9.17) is 4.74 Å². The molecule has 9 nitrogen and oxygen atoms in total. The van der Waals surface area contributed by atoms with Crippen LogP contribution in [0.1, 0.15) is 36.8 Å². The van der Waals surface area contributed by atoms with Gasteiger partial charge in [-0.2, -0.15) is 10.5 Å². The van der Waals surface area contributed by atoms with Gasteiger partial charge in [0.25, 0.3) is 5.91 Å². The fourth-order valence-electron chi connectivity index (χ4n) is 6.58. The summed E-state index contributed by atoms with van der Waals surface area (Å²) < 4.78 is 36.8. The van der Waals surface area contributed by atoms with Gasteiger partial charge >= 0.3 is 0 Å². The summed E-state index contributed by atoms with van der Waals surface area (Å²) in [6.07, 6.45) is 5.41. The topological polar surface area (TPSA) is 109 Å². The van der Waals surface area contributed by atoms with Crippen molar-refractivity contribution in [1.29, 1.82) is 10.5 Å². The number of likely N-dealkylation sites (tertiary alicyclic amines) is 1. The molecule has 0 bridgehead atoms. The molecular formula is C33H33F2N7O2S. The summed E-state index contributed by atoms with van der Waals surface area (Å²) >= 11 is 1.69. The molecule has 2 fully saturated rings. The first-order valence-corrected chi connectivity index (χ1v) is 16.1. The minimum atomic E-state index is -1.11. The fraction of sp³-hybridized carbons (Fsp3) is 0.424. The van der Waals surface area contributed by atoms with Gasteiger partial charge in [0.15, 0.2) is 11.6 Å². The van der Waals surface area contributed by atoms with E-state index < -0.39 is 23.6 Å². The maximum atomic E-state index is 16.7. The highest BCUT2D eigenvalue weighted by molar-refractivity contribution is 7.99. The van der Waals surface area contributed by atoms with Gasteiger partial charge in [-0.3, -0.25) is 9.78 Å². The number of ether oxygens (including phenoxy) is 1. The zero-order chi connectivity index (χ0) is 31.7. The summed E-state index contributed by atoms with van der Waals surface area (Å²) in [7, 11) is 2.02. The van der Waals surface area contributed by atoms with Gasteiger partial charge in [-0.25, -0.2) is 13.8 Å². The molecule has 232 valence electrons. The number of nitriles is 2. The van der Waals surface area contributed by atoms with E-state index in [0.717, 1.165) is 48.4 Å². The number of carbonyl (C=O) groups excluding carboxylic acids is 1. The molecule has 2 saturated heterocycles. The Hall–Kier alpha value is -4.26. The van der Waals surface area contributed by atoms with E-state index in [2.05, 4.69) is 39.7 Å². The van der Waals surface area contributed by atoms with Crippen LogP contribution in [-0.4, -0.2) is 83.3 Å². The lowest BCUT2D eigenvalue weighted by molar-refractivity contribution is -0.131. The van der Waals surface area contributed by atoms with Crippen molar-refractivity contribution in [3.63, 3.8) is 0 Å². The number of aromatic nitrogens is 2. The zero-order valence-corrected chi connectivity index (χ0v) is 25.9. The Balaban J connectivity index is 1.49. The van der Waals surface area contributed by atoms with E-state index in [-0.39, 0.29) is 61.4 Å². The zero-order valence-electron chi connectivity index (χ0n) is 25.1. The van der Waals surface area contributed by atoms with Crippen molar-refractivity contribution in [2.75, 3.05) is 50.5 Å². The highest BCUT2D eigenvalue weighted by Gasteiger charge is 2.35. The lowest BCUT2D eigenvalue weighted by Gasteiger charge is -2.42. The molecule has 3 aliphatic heterocycles. The van der Waals surface area contributed by atoms with Gasteiger partial charge in [-0.15, -0.1) is 11.8 Å². The van der Waals surface area contributed by atoms with Crippen LogP contribution in [0.5, 0.6) is 5.88 Å². The second kappa shape index (κ2) is 13.0. The third-order valence-electron chi connectivity index (χ3n) is 8.92. The van der Waals surface area contributed by atoms with Crippen molar-refractivity contribution in [2.45, 2.75) is 49.1 Å². The standard InChI is InChI=1S/C33H33F2N7O2S/c1-20(34)33(43)42-14-13-41(18-22(42)10-11-36)30-25(16-37)32(44-19-23-8-4-12-40(23)2)39-29-26(30)17-38-28(27(29)35)24-9-3-6-21-7-5-15-45-31(21)24/h3,6,9,17,22-23H,1,4-5,7-8,10,12-15,18-19H2,2H3/t22-,23-/m0/s1. The number of benzene rings is 1. The third kappa shape index (κ3) is 5.81. The first kappa shape index (κ1) is 30.8. The van der Waals surface area contributed by atoms with Crippen LogP contribution in [0.15, 0.2) is 41.7 Å². The number of likely N-dealkylation sites (N-methyl/N-ethyl adjacent to an activating group) is 1. The van der Waals surface area contributed by atoms with E-state index in [1.165, 1.54) is 4.90 Å². The number of pyridine rings is 2. The van der Waals surface area contributed by atoms with Gasteiger partial charge < -0.3 is 19.4 Å². The van der Waals surface area contributed by atoms with Crippen molar-refractivity contribution >= 4 is 34.3 Å². The van der Waals surface area contributed by atoms with Crippen LogP contribution in [0, 0.1) is 28.5 Å². The van der Waals surface area contributed by atoms with Gasteiger partial charge in [-0.1, -0.05) is 24.8 Å². The molecule has 3 aliphatic rings. The van der Waals surface area contributed by atoms with E-state index in [1.807, 2.05) is 24.1 Å². The summed E-state index contributed by atoms with van der Waals surface area (Å²) in [6, 6.07) is 9.60. The number of amides is 1. The highest BCUT2D eigenvalue weighted by Crippen LogP contribution is 2.42. The average molecular weight is 630 g/mol. The average Bonchev–Trinajstić information content (AvgIpc) is 3.47. The Morgan fingerprint density at radius 1 is 1.22 bits per heavy atom. The van der Waals surface area contributed by atoms with E-state index in [9.17, 15) is 19.7 Å². The molecule has 3 aromatic rings. The molecule has 1 aromatic carbocycles. The van der Waals surface area contributed by atoms with Crippen LogP contribution in [0.2, 0.25) is 0 Å². The Bertz CT molecular complexity index is 1750. The van der Waals surface area contributed by atoms with Crippen LogP contribution < -0.4 is 9.64 Å². The molecule has 0 radical (unpaired) electrons. The maximum Gasteiger partial charge on any atom is 0.282 e. The normalized spacial score (nSPS) is 20.0. The summed E-state index contributed by atoms with van der Waals surface area (Å²) in [5.41, 5.74) is 2.55.